The van der Waals surface area contributed by atoms with E-state index in [9.17, 15) is 4.39 Å². The molecule has 0 radical (unpaired) electrons. The molecule has 17 heavy (non-hydrogen) atoms. The number of hydrazine groups is 1. The molecule has 1 atom stereocenters. The van der Waals surface area contributed by atoms with Crippen LogP contribution in [-0.2, 0) is 4.74 Å². The first kappa shape index (κ1) is 12.8. The SMILES string of the molecule is NNC(c1cc(F)ccc1Cl)C1CCOCC1. The molecular formula is C12H16ClFN2O. The Morgan fingerprint density at radius 2 is 2.12 bits per heavy atom. The van der Waals surface area contributed by atoms with Crippen molar-refractivity contribution in [2.24, 2.45) is 11.8 Å². The van der Waals surface area contributed by atoms with E-state index in [0.717, 1.165) is 31.6 Å². The average Bonchev–Trinajstić information content (AvgIpc) is 2.36. The van der Waals surface area contributed by atoms with Crippen LogP contribution in [0, 0.1) is 11.7 Å². The second-order valence-electron chi connectivity index (χ2n) is 4.26. The molecule has 0 spiro atoms. The van der Waals surface area contributed by atoms with Crippen LogP contribution in [0.25, 0.3) is 0 Å². The Morgan fingerprint density at radius 1 is 1.41 bits per heavy atom. The molecule has 0 aromatic heterocycles. The molecule has 0 amide bonds. The van der Waals surface area contributed by atoms with Crippen LogP contribution in [-0.4, -0.2) is 13.2 Å². The topological polar surface area (TPSA) is 47.3 Å². The van der Waals surface area contributed by atoms with Gasteiger partial charge in [-0.1, -0.05) is 11.6 Å². The van der Waals surface area contributed by atoms with E-state index < -0.39 is 0 Å². The molecule has 1 aliphatic heterocycles. The average molecular weight is 259 g/mol. The Labute approximate surface area is 105 Å². The number of ether oxygens (including phenoxy) is 1. The van der Waals surface area contributed by atoms with E-state index in [0.29, 0.717) is 10.9 Å². The van der Waals surface area contributed by atoms with Gasteiger partial charge in [0.1, 0.15) is 5.82 Å². The Morgan fingerprint density at radius 3 is 2.76 bits per heavy atom. The molecule has 1 heterocycles. The first-order chi connectivity index (χ1) is 8.22. The van der Waals surface area contributed by atoms with Crippen molar-refractivity contribution < 1.29 is 9.13 Å². The largest absolute Gasteiger partial charge is 0.381 e. The molecule has 1 aromatic carbocycles. The number of hydrogen-bond acceptors (Lipinski definition) is 3. The molecule has 94 valence electrons. The monoisotopic (exact) mass is 258 g/mol. The van der Waals surface area contributed by atoms with Gasteiger partial charge in [0.15, 0.2) is 0 Å². The Bertz CT molecular complexity index is 383. The molecule has 0 bridgehead atoms. The highest BCUT2D eigenvalue weighted by atomic mass is 35.5. The summed E-state index contributed by atoms with van der Waals surface area (Å²) in [6, 6.07) is 4.24. The lowest BCUT2D eigenvalue weighted by Gasteiger charge is -2.30. The molecule has 1 fully saturated rings. The zero-order chi connectivity index (χ0) is 12.3. The minimum Gasteiger partial charge on any atom is -0.381 e. The van der Waals surface area contributed by atoms with Crippen LogP contribution >= 0.6 is 11.6 Å². The zero-order valence-electron chi connectivity index (χ0n) is 9.46. The van der Waals surface area contributed by atoms with Crippen molar-refractivity contribution >= 4 is 11.6 Å². The third kappa shape index (κ3) is 2.96. The molecule has 2 rings (SSSR count). The number of halogens is 2. The van der Waals surface area contributed by atoms with E-state index in [1.165, 1.54) is 12.1 Å². The van der Waals surface area contributed by atoms with E-state index in [1.54, 1.807) is 6.07 Å². The second kappa shape index (κ2) is 5.78. The number of hydrogen-bond donors (Lipinski definition) is 2. The summed E-state index contributed by atoms with van der Waals surface area (Å²) in [5, 5.41) is 0.542. The standard InChI is InChI=1S/C12H16ClFN2O/c13-11-2-1-9(14)7-10(11)12(16-15)8-3-5-17-6-4-8/h1-2,7-8,12,16H,3-6,15H2. The van der Waals surface area contributed by atoms with E-state index in [4.69, 9.17) is 22.2 Å². The summed E-state index contributed by atoms with van der Waals surface area (Å²) in [4.78, 5) is 0. The van der Waals surface area contributed by atoms with Gasteiger partial charge in [-0.3, -0.25) is 11.3 Å². The van der Waals surface area contributed by atoms with Gasteiger partial charge in [-0.25, -0.2) is 4.39 Å². The molecule has 1 aromatic rings. The minimum absolute atomic E-state index is 0.123. The highest BCUT2D eigenvalue weighted by Gasteiger charge is 2.26. The fourth-order valence-corrected chi connectivity index (χ4v) is 2.52. The molecule has 1 aliphatic rings. The summed E-state index contributed by atoms with van der Waals surface area (Å²) < 4.78 is 18.6. The van der Waals surface area contributed by atoms with E-state index in [1.807, 2.05) is 0 Å². The molecule has 3 nitrogen and oxygen atoms in total. The van der Waals surface area contributed by atoms with Crippen molar-refractivity contribution in [3.8, 4) is 0 Å². The number of benzene rings is 1. The molecule has 5 heteroatoms. The van der Waals surface area contributed by atoms with Crippen LogP contribution < -0.4 is 11.3 Å². The molecule has 0 saturated carbocycles. The van der Waals surface area contributed by atoms with Gasteiger partial charge in [0.25, 0.3) is 0 Å². The van der Waals surface area contributed by atoms with Gasteiger partial charge in [-0.05, 0) is 42.5 Å². The Kier molecular flexibility index (Phi) is 4.34. The van der Waals surface area contributed by atoms with Crippen LogP contribution in [0.4, 0.5) is 4.39 Å². The van der Waals surface area contributed by atoms with Crippen molar-refractivity contribution in [3.05, 3.63) is 34.6 Å². The summed E-state index contributed by atoms with van der Waals surface area (Å²) in [5.41, 5.74) is 3.47. The van der Waals surface area contributed by atoms with E-state index in [2.05, 4.69) is 5.43 Å². The van der Waals surface area contributed by atoms with Gasteiger partial charge < -0.3 is 4.74 Å². The molecule has 1 unspecified atom stereocenters. The third-order valence-corrected chi connectivity index (χ3v) is 3.55. The van der Waals surface area contributed by atoms with Gasteiger partial charge in [-0.2, -0.15) is 0 Å². The van der Waals surface area contributed by atoms with Crippen molar-refractivity contribution in [2.45, 2.75) is 18.9 Å². The Hall–Kier alpha value is -0.680. The van der Waals surface area contributed by atoms with Crippen LogP contribution in [0.5, 0.6) is 0 Å². The van der Waals surface area contributed by atoms with Gasteiger partial charge in [0, 0.05) is 18.2 Å². The van der Waals surface area contributed by atoms with Crippen molar-refractivity contribution in [1.82, 2.24) is 5.43 Å². The van der Waals surface area contributed by atoms with Gasteiger partial charge in [0.2, 0.25) is 0 Å². The van der Waals surface area contributed by atoms with Gasteiger partial charge in [-0.15, -0.1) is 0 Å². The lowest BCUT2D eigenvalue weighted by Crippen LogP contribution is -2.36. The highest BCUT2D eigenvalue weighted by Crippen LogP contribution is 2.33. The fraction of sp³-hybridized carbons (Fsp3) is 0.500. The van der Waals surface area contributed by atoms with Crippen LogP contribution in [0.1, 0.15) is 24.4 Å². The number of nitrogens with one attached hydrogen (secondary N) is 1. The number of nitrogens with two attached hydrogens (primary N) is 1. The maximum atomic E-state index is 13.3. The molecule has 3 N–H and O–H groups in total. The normalized spacial score (nSPS) is 19.2. The predicted octanol–water partition coefficient (Wildman–Crippen LogP) is 2.41. The first-order valence-corrected chi connectivity index (χ1v) is 6.09. The maximum absolute atomic E-state index is 13.3. The lowest BCUT2D eigenvalue weighted by molar-refractivity contribution is 0.0536. The van der Waals surface area contributed by atoms with E-state index in [-0.39, 0.29) is 11.9 Å². The second-order valence-corrected chi connectivity index (χ2v) is 4.67. The summed E-state index contributed by atoms with van der Waals surface area (Å²) in [7, 11) is 0. The van der Waals surface area contributed by atoms with E-state index >= 15 is 0 Å². The summed E-state index contributed by atoms with van der Waals surface area (Å²) in [6.07, 6.45) is 1.81. The number of rotatable bonds is 3. The van der Waals surface area contributed by atoms with Crippen LogP contribution in [0.2, 0.25) is 5.02 Å². The van der Waals surface area contributed by atoms with Crippen LogP contribution in [0.15, 0.2) is 18.2 Å². The summed E-state index contributed by atoms with van der Waals surface area (Å²) >= 11 is 6.10. The van der Waals surface area contributed by atoms with Crippen molar-refractivity contribution in [3.63, 3.8) is 0 Å². The summed E-state index contributed by atoms with van der Waals surface area (Å²) in [6.45, 7) is 1.44. The highest BCUT2D eigenvalue weighted by molar-refractivity contribution is 6.31. The molecule has 1 saturated heterocycles. The molecular weight excluding hydrogens is 243 g/mol. The lowest BCUT2D eigenvalue weighted by atomic mass is 9.87. The quantitative estimate of drug-likeness (QED) is 0.647. The zero-order valence-corrected chi connectivity index (χ0v) is 10.2. The predicted molar refractivity (Wildman–Crippen MR) is 65.0 cm³/mol. The first-order valence-electron chi connectivity index (χ1n) is 5.71. The van der Waals surface area contributed by atoms with Gasteiger partial charge in [0.05, 0.1) is 6.04 Å². The molecule has 0 aliphatic carbocycles. The third-order valence-electron chi connectivity index (χ3n) is 3.21. The fourth-order valence-electron chi connectivity index (χ4n) is 2.28. The minimum atomic E-state index is -0.295. The van der Waals surface area contributed by atoms with Gasteiger partial charge >= 0.3 is 0 Å². The smallest absolute Gasteiger partial charge is 0.123 e. The maximum Gasteiger partial charge on any atom is 0.123 e. The Balaban J connectivity index is 2.24. The van der Waals surface area contributed by atoms with Crippen molar-refractivity contribution in [2.75, 3.05) is 13.2 Å². The van der Waals surface area contributed by atoms with Crippen LogP contribution in [0.3, 0.4) is 0 Å². The summed E-state index contributed by atoms with van der Waals surface area (Å²) in [5.74, 6) is 5.61. The van der Waals surface area contributed by atoms with Crippen molar-refractivity contribution in [1.29, 1.82) is 0 Å².